The molecule has 1 heterocycles. The minimum atomic E-state index is -0.811. The second kappa shape index (κ2) is 7.66. The van der Waals surface area contributed by atoms with E-state index in [-0.39, 0.29) is 18.3 Å². The van der Waals surface area contributed by atoms with E-state index in [9.17, 15) is 9.59 Å². The molecule has 0 spiro atoms. The molecule has 0 saturated carbocycles. The molecule has 5 heteroatoms. The maximum Gasteiger partial charge on any atom is 0.317 e. The quantitative estimate of drug-likeness (QED) is 0.598. The highest BCUT2D eigenvalue weighted by Crippen LogP contribution is 2.41. The Bertz CT molecular complexity index is 792. The summed E-state index contributed by atoms with van der Waals surface area (Å²) in [5, 5.41) is 4.01. The normalized spacial score (nSPS) is 20.1. The zero-order chi connectivity index (χ0) is 17.8. The predicted molar refractivity (Wildman–Crippen MR) is 97.8 cm³/mol. The first-order valence-corrected chi connectivity index (χ1v) is 9.16. The monoisotopic (exact) mass is 356 g/mol. The molecule has 0 bridgehead atoms. The van der Waals surface area contributed by atoms with Crippen molar-refractivity contribution in [3.63, 3.8) is 0 Å². The number of rotatable bonds is 5. The van der Waals surface area contributed by atoms with Crippen molar-refractivity contribution >= 4 is 28.7 Å². The fourth-order valence-corrected chi connectivity index (χ4v) is 3.90. The van der Waals surface area contributed by atoms with Crippen LogP contribution in [-0.2, 0) is 14.3 Å². The van der Waals surface area contributed by atoms with Crippen LogP contribution in [0.25, 0.3) is 5.57 Å². The van der Waals surface area contributed by atoms with E-state index in [1.165, 1.54) is 0 Å². The fourth-order valence-electron chi connectivity index (χ4n) is 3.22. The molecule has 0 amide bonds. The van der Waals surface area contributed by atoms with Gasteiger partial charge in [-0.2, -0.15) is 11.3 Å². The van der Waals surface area contributed by atoms with Gasteiger partial charge in [-0.05, 0) is 65.1 Å². The molecular weight excluding hydrogens is 336 g/mol. The zero-order valence-corrected chi connectivity index (χ0v) is 15.0. The summed E-state index contributed by atoms with van der Waals surface area (Å²) in [7, 11) is 1.60. The van der Waals surface area contributed by atoms with Crippen LogP contribution in [0, 0.1) is 5.92 Å². The van der Waals surface area contributed by atoms with Gasteiger partial charge in [-0.15, -0.1) is 0 Å². The molecule has 1 aliphatic rings. The zero-order valence-electron chi connectivity index (χ0n) is 14.2. The number of thiophene rings is 1. The largest absolute Gasteiger partial charge is 0.497 e. The third-order valence-corrected chi connectivity index (χ3v) is 5.10. The molecule has 1 aromatic carbocycles. The number of ketones is 1. The molecule has 2 aromatic rings. The molecule has 4 nitrogen and oxygen atoms in total. The Labute approximate surface area is 151 Å². The molecule has 130 valence electrons. The van der Waals surface area contributed by atoms with Gasteiger partial charge in [0.25, 0.3) is 0 Å². The topological polar surface area (TPSA) is 52.6 Å². The van der Waals surface area contributed by atoms with Crippen molar-refractivity contribution < 1.29 is 19.1 Å². The van der Waals surface area contributed by atoms with E-state index in [0.29, 0.717) is 12.2 Å². The number of esters is 1. The van der Waals surface area contributed by atoms with Crippen LogP contribution in [0.5, 0.6) is 5.75 Å². The lowest BCUT2D eigenvalue weighted by Crippen LogP contribution is -2.34. The lowest BCUT2D eigenvalue weighted by Gasteiger charge is -2.29. The van der Waals surface area contributed by atoms with Crippen LogP contribution < -0.4 is 4.74 Å². The standard InChI is InChI=1S/C20H20O4S/c1-3-24-20(22)19-17(13-5-4-6-16(9-13)23-2)10-15(11-18(19)21)14-7-8-25-12-14/h4-9,11-12,17,19H,3,10H2,1-2H3. The second-order valence-corrected chi connectivity index (χ2v) is 6.68. The Morgan fingerprint density at radius 1 is 1.32 bits per heavy atom. The summed E-state index contributed by atoms with van der Waals surface area (Å²) in [4.78, 5) is 25.2. The van der Waals surface area contributed by atoms with Crippen LogP contribution in [0.15, 0.2) is 47.2 Å². The maximum absolute atomic E-state index is 12.7. The minimum absolute atomic E-state index is 0.196. The highest BCUT2D eigenvalue weighted by atomic mass is 32.1. The van der Waals surface area contributed by atoms with Gasteiger partial charge in [0.2, 0.25) is 0 Å². The maximum atomic E-state index is 12.7. The fraction of sp³-hybridized carbons (Fsp3) is 0.300. The van der Waals surface area contributed by atoms with Crippen LogP contribution in [0.2, 0.25) is 0 Å². The van der Waals surface area contributed by atoms with E-state index in [4.69, 9.17) is 9.47 Å². The van der Waals surface area contributed by atoms with Gasteiger partial charge in [0.05, 0.1) is 13.7 Å². The summed E-state index contributed by atoms with van der Waals surface area (Å²) in [6, 6.07) is 9.55. The van der Waals surface area contributed by atoms with E-state index in [2.05, 4.69) is 0 Å². The van der Waals surface area contributed by atoms with Gasteiger partial charge in [0.15, 0.2) is 5.78 Å². The molecule has 1 aliphatic carbocycles. The summed E-state index contributed by atoms with van der Waals surface area (Å²) < 4.78 is 10.5. The molecular formula is C20H20O4S. The lowest BCUT2D eigenvalue weighted by atomic mass is 9.74. The van der Waals surface area contributed by atoms with Crippen molar-refractivity contribution in [1.29, 1.82) is 0 Å². The predicted octanol–water partition coefficient (Wildman–Crippen LogP) is 4.08. The highest BCUT2D eigenvalue weighted by molar-refractivity contribution is 7.08. The van der Waals surface area contributed by atoms with E-state index in [1.54, 1.807) is 31.4 Å². The molecule has 0 fully saturated rings. The summed E-state index contributed by atoms with van der Waals surface area (Å²) in [6.07, 6.45) is 2.21. The molecule has 1 aromatic heterocycles. The summed E-state index contributed by atoms with van der Waals surface area (Å²) in [5.74, 6) is -1.02. The summed E-state index contributed by atoms with van der Waals surface area (Å²) >= 11 is 1.59. The smallest absolute Gasteiger partial charge is 0.317 e. The molecule has 0 radical (unpaired) electrons. The Morgan fingerprint density at radius 2 is 2.16 bits per heavy atom. The minimum Gasteiger partial charge on any atom is -0.497 e. The van der Waals surface area contributed by atoms with Crippen LogP contribution in [0.4, 0.5) is 0 Å². The van der Waals surface area contributed by atoms with E-state index in [0.717, 1.165) is 16.7 Å². The number of carbonyl (C=O) groups is 2. The van der Waals surface area contributed by atoms with Crippen LogP contribution >= 0.6 is 11.3 Å². The van der Waals surface area contributed by atoms with E-state index < -0.39 is 11.9 Å². The molecule has 2 atom stereocenters. The number of carbonyl (C=O) groups excluding carboxylic acids is 2. The van der Waals surface area contributed by atoms with E-state index >= 15 is 0 Å². The molecule has 0 N–H and O–H groups in total. The number of allylic oxidation sites excluding steroid dienone is 2. The Kier molecular flexibility index (Phi) is 5.34. The van der Waals surface area contributed by atoms with Crippen molar-refractivity contribution in [3.8, 4) is 5.75 Å². The SMILES string of the molecule is CCOC(=O)C1C(=O)C=C(c2ccsc2)CC1c1cccc(OC)c1. The number of ether oxygens (including phenoxy) is 2. The number of benzene rings is 1. The van der Waals surface area contributed by atoms with E-state index in [1.807, 2.05) is 41.1 Å². The van der Waals surface area contributed by atoms with Crippen molar-refractivity contribution in [2.24, 2.45) is 5.92 Å². The van der Waals surface area contributed by atoms with Crippen molar-refractivity contribution in [2.75, 3.05) is 13.7 Å². The summed E-state index contributed by atoms with van der Waals surface area (Å²) in [5.41, 5.74) is 2.90. The third kappa shape index (κ3) is 3.66. The Balaban J connectivity index is 2.02. The van der Waals surface area contributed by atoms with Gasteiger partial charge in [-0.3, -0.25) is 9.59 Å². The highest BCUT2D eigenvalue weighted by Gasteiger charge is 2.39. The van der Waals surface area contributed by atoms with Gasteiger partial charge in [-0.25, -0.2) is 0 Å². The van der Waals surface area contributed by atoms with Crippen LogP contribution in [0.1, 0.15) is 30.4 Å². The lowest BCUT2D eigenvalue weighted by molar-refractivity contribution is -0.151. The van der Waals surface area contributed by atoms with Crippen molar-refractivity contribution in [2.45, 2.75) is 19.3 Å². The average Bonchev–Trinajstić information content (AvgIpc) is 3.16. The number of hydrogen-bond donors (Lipinski definition) is 0. The van der Waals surface area contributed by atoms with Crippen LogP contribution in [0.3, 0.4) is 0 Å². The summed E-state index contributed by atoms with van der Waals surface area (Å²) in [6.45, 7) is 2.01. The van der Waals surface area contributed by atoms with Gasteiger partial charge >= 0.3 is 5.97 Å². The molecule has 0 aliphatic heterocycles. The molecule has 2 unspecified atom stereocenters. The van der Waals surface area contributed by atoms with Gasteiger partial charge in [0.1, 0.15) is 11.7 Å². The van der Waals surface area contributed by atoms with Crippen LogP contribution in [-0.4, -0.2) is 25.5 Å². The first-order chi connectivity index (χ1) is 12.1. The Morgan fingerprint density at radius 3 is 2.84 bits per heavy atom. The molecule has 0 saturated heterocycles. The van der Waals surface area contributed by atoms with Crippen molar-refractivity contribution in [1.82, 2.24) is 0 Å². The van der Waals surface area contributed by atoms with Gasteiger partial charge in [0, 0.05) is 5.92 Å². The second-order valence-electron chi connectivity index (χ2n) is 5.90. The number of hydrogen-bond acceptors (Lipinski definition) is 5. The Hall–Kier alpha value is -2.40. The van der Waals surface area contributed by atoms with Crippen molar-refractivity contribution in [3.05, 3.63) is 58.3 Å². The third-order valence-electron chi connectivity index (χ3n) is 4.42. The average molecular weight is 356 g/mol. The van der Waals surface area contributed by atoms with Gasteiger partial charge < -0.3 is 9.47 Å². The molecule has 3 rings (SSSR count). The first kappa shape index (κ1) is 17.4. The van der Waals surface area contributed by atoms with Gasteiger partial charge in [-0.1, -0.05) is 12.1 Å². The number of methoxy groups -OCH3 is 1. The molecule has 25 heavy (non-hydrogen) atoms. The first-order valence-electron chi connectivity index (χ1n) is 8.21.